The van der Waals surface area contributed by atoms with Crippen molar-refractivity contribution in [3.8, 4) is 34.7 Å². The molecule has 0 unspecified atom stereocenters. The van der Waals surface area contributed by atoms with E-state index in [1.165, 1.54) is 25.3 Å². The maximum Gasteiger partial charge on any atom is 0.322 e. The first-order valence-electron chi connectivity index (χ1n) is 10.5. The lowest BCUT2D eigenvalue weighted by Gasteiger charge is -2.44. The predicted molar refractivity (Wildman–Crippen MR) is 121 cm³/mol. The summed E-state index contributed by atoms with van der Waals surface area (Å²) in [5.74, 6) is 0.460. The van der Waals surface area contributed by atoms with Gasteiger partial charge in [0, 0.05) is 17.3 Å². The van der Waals surface area contributed by atoms with Gasteiger partial charge in [-0.15, -0.1) is 4.98 Å². The molecule has 1 aromatic carbocycles. The molecule has 0 saturated heterocycles. The minimum absolute atomic E-state index is 0.0553. The molecule has 0 aliphatic heterocycles. The Labute approximate surface area is 184 Å². The quantitative estimate of drug-likeness (QED) is 0.579. The molecule has 0 radical (unpaired) electrons. The topological polar surface area (TPSA) is 70.0 Å². The molecule has 0 N–H and O–H groups in total. The Hall–Kier alpha value is -3.02. The first-order valence-corrected chi connectivity index (χ1v) is 10.5. The van der Waals surface area contributed by atoms with Crippen LogP contribution in [-0.2, 0) is 10.8 Å². The number of hydrogen-bond donors (Lipinski definition) is 0. The minimum atomic E-state index is 0.0553. The maximum absolute atomic E-state index is 5.14. The molecule has 3 aromatic rings. The average Bonchev–Trinajstić information content (AvgIpc) is 2.87. The predicted octanol–water partition coefficient (Wildman–Crippen LogP) is 5.21. The SMILES string of the molecule is COc1nc(OC)nc(-c2ccc(-c3ccc4c(c3)C(C)(C)C(C)(C)C4(C)C)nc2)n1. The van der Waals surface area contributed by atoms with Crippen molar-refractivity contribution in [1.29, 1.82) is 0 Å². The third-order valence-electron chi connectivity index (χ3n) is 7.77. The summed E-state index contributed by atoms with van der Waals surface area (Å²) in [6.45, 7) is 14.1. The fourth-order valence-electron chi connectivity index (χ4n) is 4.57. The summed E-state index contributed by atoms with van der Waals surface area (Å²) in [6, 6.07) is 11.1. The molecular weight excluding hydrogens is 388 g/mol. The van der Waals surface area contributed by atoms with Gasteiger partial charge in [0.25, 0.3) is 0 Å². The van der Waals surface area contributed by atoms with Crippen LogP contribution in [0.5, 0.6) is 12.0 Å². The van der Waals surface area contributed by atoms with Gasteiger partial charge in [-0.1, -0.05) is 53.7 Å². The van der Waals surface area contributed by atoms with Crippen molar-refractivity contribution in [2.24, 2.45) is 5.41 Å². The number of benzene rings is 1. The second kappa shape index (κ2) is 7.01. The number of aromatic nitrogens is 4. The van der Waals surface area contributed by atoms with Gasteiger partial charge in [0.1, 0.15) is 0 Å². The van der Waals surface area contributed by atoms with Crippen LogP contribution in [0.3, 0.4) is 0 Å². The van der Waals surface area contributed by atoms with Crippen molar-refractivity contribution in [3.63, 3.8) is 0 Å². The van der Waals surface area contributed by atoms with E-state index in [4.69, 9.17) is 14.5 Å². The molecule has 0 fully saturated rings. The third-order valence-corrected chi connectivity index (χ3v) is 7.77. The van der Waals surface area contributed by atoms with Gasteiger partial charge >= 0.3 is 12.0 Å². The highest BCUT2D eigenvalue weighted by molar-refractivity contribution is 5.66. The van der Waals surface area contributed by atoms with E-state index in [1.54, 1.807) is 6.20 Å². The highest BCUT2D eigenvalue weighted by atomic mass is 16.5. The van der Waals surface area contributed by atoms with E-state index in [0.29, 0.717) is 5.82 Å². The van der Waals surface area contributed by atoms with E-state index in [9.17, 15) is 0 Å². The highest BCUT2D eigenvalue weighted by Gasteiger charge is 2.56. The number of hydrogen-bond acceptors (Lipinski definition) is 6. The Kier molecular flexibility index (Phi) is 4.80. The zero-order valence-corrected chi connectivity index (χ0v) is 19.6. The van der Waals surface area contributed by atoms with E-state index in [2.05, 4.69) is 74.7 Å². The Morgan fingerprint density at radius 2 is 1.26 bits per heavy atom. The molecule has 0 bridgehead atoms. The summed E-state index contributed by atoms with van der Waals surface area (Å²) in [5.41, 5.74) is 5.90. The van der Waals surface area contributed by atoms with Gasteiger partial charge in [0.15, 0.2) is 5.82 Å². The van der Waals surface area contributed by atoms with Crippen LogP contribution in [-0.4, -0.2) is 34.2 Å². The molecule has 0 atom stereocenters. The molecule has 1 aliphatic carbocycles. The van der Waals surface area contributed by atoms with Crippen LogP contribution in [0.25, 0.3) is 22.6 Å². The van der Waals surface area contributed by atoms with Gasteiger partial charge in [-0.05, 0) is 45.6 Å². The van der Waals surface area contributed by atoms with E-state index in [-0.39, 0.29) is 28.3 Å². The Bertz CT molecular complexity index is 1110. The third kappa shape index (κ3) is 3.08. The zero-order chi connectivity index (χ0) is 22.6. The van der Waals surface area contributed by atoms with Gasteiger partial charge < -0.3 is 9.47 Å². The van der Waals surface area contributed by atoms with Crippen molar-refractivity contribution in [1.82, 2.24) is 19.9 Å². The number of ether oxygens (including phenoxy) is 2. The molecule has 0 amide bonds. The van der Waals surface area contributed by atoms with Gasteiger partial charge in [-0.25, -0.2) is 0 Å². The minimum Gasteiger partial charge on any atom is -0.467 e. The summed E-state index contributed by atoms with van der Waals surface area (Å²) < 4.78 is 10.3. The number of pyridine rings is 1. The Balaban J connectivity index is 1.73. The first-order chi connectivity index (χ1) is 14.5. The van der Waals surface area contributed by atoms with Gasteiger partial charge in [-0.2, -0.15) is 9.97 Å². The van der Waals surface area contributed by atoms with Crippen LogP contribution < -0.4 is 9.47 Å². The van der Waals surface area contributed by atoms with Crippen LogP contribution in [0.2, 0.25) is 0 Å². The molecular formula is C25H30N4O2. The van der Waals surface area contributed by atoms with E-state index in [0.717, 1.165) is 16.8 Å². The lowest BCUT2D eigenvalue weighted by molar-refractivity contribution is 0.125. The largest absolute Gasteiger partial charge is 0.467 e. The van der Waals surface area contributed by atoms with Crippen molar-refractivity contribution >= 4 is 0 Å². The standard InChI is InChI=1S/C25H30N4O2/c1-23(2)17-11-9-15(13-18(17)24(3,4)25(23,5)6)19-12-10-16(14-26-19)20-27-21(30-7)29-22(28-20)31-8/h9-14H,1-8H3. The first kappa shape index (κ1) is 21.2. The molecule has 4 rings (SSSR count). The van der Waals surface area contributed by atoms with Crippen molar-refractivity contribution in [3.05, 3.63) is 47.7 Å². The summed E-state index contributed by atoms with van der Waals surface area (Å²) in [7, 11) is 3.02. The van der Waals surface area contributed by atoms with Crippen molar-refractivity contribution in [2.45, 2.75) is 52.4 Å². The lowest BCUT2D eigenvalue weighted by Crippen LogP contribution is -2.42. The fourth-order valence-corrected chi connectivity index (χ4v) is 4.57. The molecule has 0 saturated carbocycles. The fraction of sp³-hybridized carbons (Fsp3) is 0.440. The lowest BCUT2D eigenvalue weighted by atomic mass is 9.59. The monoisotopic (exact) mass is 418 g/mol. The maximum atomic E-state index is 5.14. The van der Waals surface area contributed by atoms with Crippen LogP contribution in [0.15, 0.2) is 36.5 Å². The highest BCUT2D eigenvalue weighted by Crippen LogP contribution is 2.61. The second-order valence-electron chi connectivity index (χ2n) is 9.70. The zero-order valence-electron chi connectivity index (χ0n) is 19.6. The normalized spacial score (nSPS) is 17.8. The molecule has 1 aliphatic rings. The summed E-state index contributed by atoms with van der Waals surface area (Å²) in [4.78, 5) is 17.4. The Morgan fingerprint density at radius 3 is 1.81 bits per heavy atom. The van der Waals surface area contributed by atoms with Crippen LogP contribution in [0.1, 0.15) is 52.7 Å². The summed E-state index contributed by atoms with van der Waals surface area (Å²) >= 11 is 0. The molecule has 2 heterocycles. The number of fused-ring (bicyclic) bond motifs is 1. The molecule has 6 nitrogen and oxygen atoms in total. The van der Waals surface area contributed by atoms with Gasteiger partial charge in [0.2, 0.25) is 0 Å². The second-order valence-corrected chi connectivity index (χ2v) is 9.70. The average molecular weight is 419 g/mol. The number of rotatable bonds is 4. The van der Waals surface area contributed by atoms with Crippen LogP contribution >= 0.6 is 0 Å². The van der Waals surface area contributed by atoms with Gasteiger partial charge in [-0.3, -0.25) is 4.98 Å². The number of nitrogens with zero attached hydrogens (tertiary/aromatic N) is 4. The van der Waals surface area contributed by atoms with E-state index in [1.807, 2.05) is 12.1 Å². The van der Waals surface area contributed by atoms with Gasteiger partial charge in [0.05, 0.1) is 19.9 Å². The molecule has 2 aromatic heterocycles. The summed E-state index contributed by atoms with van der Waals surface area (Å²) in [6.07, 6.45) is 1.77. The summed E-state index contributed by atoms with van der Waals surface area (Å²) in [5, 5.41) is 0. The Morgan fingerprint density at radius 1 is 0.677 bits per heavy atom. The van der Waals surface area contributed by atoms with E-state index >= 15 is 0 Å². The molecule has 31 heavy (non-hydrogen) atoms. The van der Waals surface area contributed by atoms with Crippen molar-refractivity contribution in [2.75, 3.05) is 14.2 Å². The van der Waals surface area contributed by atoms with Crippen LogP contribution in [0, 0.1) is 5.41 Å². The van der Waals surface area contributed by atoms with E-state index < -0.39 is 0 Å². The molecule has 0 spiro atoms. The number of methoxy groups -OCH3 is 2. The van der Waals surface area contributed by atoms with Crippen molar-refractivity contribution < 1.29 is 9.47 Å². The van der Waals surface area contributed by atoms with Crippen LogP contribution in [0.4, 0.5) is 0 Å². The smallest absolute Gasteiger partial charge is 0.322 e. The molecule has 6 heteroatoms. The molecule has 162 valence electrons.